The minimum atomic E-state index is -4.71. The van der Waals surface area contributed by atoms with Gasteiger partial charge in [-0.25, -0.2) is 17.8 Å². The second-order valence-electron chi connectivity index (χ2n) is 9.90. The van der Waals surface area contributed by atoms with E-state index in [1.165, 1.54) is 12.1 Å². The minimum Gasteiger partial charge on any atom is -0.486 e. The zero-order valence-electron chi connectivity index (χ0n) is 22.4. The summed E-state index contributed by atoms with van der Waals surface area (Å²) in [4.78, 5) is 3.52. The van der Waals surface area contributed by atoms with E-state index in [-0.39, 0.29) is 28.6 Å². The SMILES string of the molecule is CC(=Cc1ccc2c(c1)N(S(=O)(=O)c1cccc(C(F)(F)F)c1)C[C@H](CCCn1ccnc1)O2)c1c(F)cccc1Cl. The number of alkyl halides is 3. The van der Waals surface area contributed by atoms with Gasteiger partial charge in [-0.15, -0.1) is 0 Å². The van der Waals surface area contributed by atoms with Crippen molar-refractivity contribution in [3.63, 3.8) is 0 Å². The Morgan fingerprint density at radius 1 is 1.14 bits per heavy atom. The second kappa shape index (κ2) is 11.8. The Kier molecular flexibility index (Phi) is 8.34. The first-order valence-corrected chi connectivity index (χ1v) is 14.8. The number of benzene rings is 3. The molecule has 0 saturated heterocycles. The topological polar surface area (TPSA) is 64.4 Å². The molecule has 0 spiro atoms. The van der Waals surface area contributed by atoms with Crippen LogP contribution in [0.3, 0.4) is 0 Å². The fraction of sp³-hybridized carbons (Fsp3) is 0.233. The highest BCUT2D eigenvalue weighted by atomic mass is 35.5. The third-order valence-electron chi connectivity index (χ3n) is 6.91. The summed E-state index contributed by atoms with van der Waals surface area (Å²) in [5.74, 6) is -0.243. The summed E-state index contributed by atoms with van der Waals surface area (Å²) in [6, 6.07) is 12.9. The molecular formula is C30H26ClF4N3O3S. The molecule has 220 valence electrons. The molecule has 4 aromatic rings. The lowest BCUT2D eigenvalue weighted by Gasteiger charge is -2.36. The number of aryl methyl sites for hydroxylation is 1. The number of anilines is 1. The third kappa shape index (κ3) is 6.32. The lowest BCUT2D eigenvalue weighted by atomic mass is 10.0. The van der Waals surface area contributed by atoms with Crippen molar-refractivity contribution in [2.75, 3.05) is 10.8 Å². The van der Waals surface area contributed by atoms with Gasteiger partial charge >= 0.3 is 6.18 Å². The van der Waals surface area contributed by atoms with E-state index in [4.69, 9.17) is 16.3 Å². The summed E-state index contributed by atoms with van der Waals surface area (Å²) in [7, 11) is -4.43. The van der Waals surface area contributed by atoms with E-state index in [2.05, 4.69) is 4.98 Å². The molecule has 3 aromatic carbocycles. The van der Waals surface area contributed by atoms with Crippen LogP contribution in [0.4, 0.5) is 23.2 Å². The molecular weight excluding hydrogens is 594 g/mol. The molecule has 1 aromatic heterocycles. The summed E-state index contributed by atoms with van der Waals surface area (Å²) in [5.41, 5.74) is 0.332. The molecule has 42 heavy (non-hydrogen) atoms. The van der Waals surface area contributed by atoms with Crippen LogP contribution in [0.2, 0.25) is 5.02 Å². The first-order chi connectivity index (χ1) is 19.9. The van der Waals surface area contributed by atoms with Crippen molar-refractivity contribution in [1.82, 2.24) is 9.55 Å². The summed E-state index contributed by atoms with van der Waals surface area (Å²) < 4.78 is 91.8. The first kappa shape index (κ1) is 29.7. The van der Waals surface area contributed by atoms with E-state index in [0.717, 1.165) is 22.5 Å². The van der Waals surface area contributed by atoms with Gasteiger partial charge in [-0.05, 0) is 73.4 Å². The van der Waals surface area contributed by atoms with Crippen LogP contribution < -0.4 is 9.04 Å². The largest absolute Gasteiger partial charge is 0.486 e. The molecule has 0 amide bonds. The van der Waals surface area contributed by atoms with Gasteiger partial charge in [-0.2, -0.15) is 13.2 Å². The van der Waals surface area contributed by atoms with Crippen molar-refractivity contribution >= 4 is 39.0 Å². The van der Waals surface area contributed by atoms with Gasteiger partial charge in [0.2, 0.25) is 0 Å². The van der Waals surface area contributed by atoms with Crippen LogP contribution >= 0.6 is 11.6 Å². The fourth-order valence-corrected chi connectivity index (χ4v) is 6.73. The van der Waals surface area contributed by atoms with Crippen LogP contribution in [0.1, 0.15) is 36.5 Å². The molecule has 1 aliphatic heterocycles. The number of imidazole rings is 1. The van der Waals surface area contributed by atoms with Gasteiger partial charge < -0.3 is 9.30 Å². The van der Waals surface area contributed by atoms with Crippen molar-refractivity contribution in [2.24, 2.45) is 0 Å². The van der Waals surface area contributed by atoms with Crippen LogP contribution in [0, 0.1) is 5.82 Å². The van der Waals surface area contributed by atoms with Gasteiger partial charge in [0, 0.05) is 24.5 Å². The molecule has 0 fully saturated rings. The average Bonchev–Trinajstić information content (AvgIpc) is 3.46. The number of hydrogen-bond donors (Lipinski definition) is 0. The Morgan fingerprint density at radius 2 is 1.93 bits per heavy atom. The minimum absolute atomic E-state index is 0.110. The van der Waals surface area contributed by atoms with Crippen LogP contribution in [0.5, 0.6) is 5.75 Å². The fourth-order valence-electron chi connectivity index (χ4n) is 4.87. The third-order valence-corrected chi connectivity index (χ3v) is 9.00. The molecule has 0 aliphatic carbocycles. The van der Waals surface area contributed by atoms with E-state index in [1.54, 1.807) is 49.8 Å². The maximum Gasteiger partial charge on any atom is 0.416 e. The standard InChI is InChI=1S/C30H26ClF4N3O3S/c1-20(29-25(31)8-3-9-26(29)32)15-21-10-11-28-27(16-21)38(18-23(41-28)6-4-13-37-14-12-36-19-37)42(39,40)24-7-2-5-22(17-24)30(33,34)35/h2-3,5,7-12,14-17,19,23H,4,6,13,18H2,1H3/t23-/m0/s1. The maximum atomic E-state index is 14.5. The molecule has 0 N–H and O–H groups in total. The molecule has 1 aliphatic rings. The number of rotatable bonds is 8. The van der Waals surface area contributed by atoms with Crippen molar-refractivity contribution < 1.29 is 30.7 Å². The van der Waals surface area contributed by atoms with Crippen molar-refractivity contribution in [1.29, 1.82) is 0 Å². The van der Waals surface area contributed by atoms with Crippen LogP contribution in [-0.4, -0.2) is 30.6 Å². The Labute approximate surface area is 245 Å². The quantitative estimate of drug-likeness (QED) is 0.150. The summed E-state index contributed by atoms with van der Waals surface area (Å²) >= 11 is 6.22. The molecule has 6 nitrogen and oxygen atoms in total. The van der Waals surface area contributed by atoms with Gasteiger partial charge in [0.25, 0.3) is 10.0 Å². The van der Waals surface area contributed by atoms with E-state index in [9.17, 15) is 26.0 Å². The van der Waals surface area contributed by atoms with E-state index < -0.39 is 38.6 Å². The highest BCUT2D eigenvalue weighted by molar-refractivity contribution is 7.92. The Morgan fingerprint density at radius 3 is 2.64 bits per heavy atom. The number of allylic oxidation sites excluding steroid dienone is 1. The summed E-state index contributed by atoms with van der Waals surface area (Å²) in [6.07, 6.45) is 2.66. The molecule has 2 heterocycles. The number of halogens is 5. The lowest BCUT2D eigenvalue weighted by molar-refractivity contribution is -0.137. The van der Waals surface area contributed by atoms with Crippen molar-refractivity contribution in [3.8, 4) is 5.75 Å². The number of sulfonamides is 1. The smallest absolute Gasteiger partial charge is 0.416 e. The van der Waals surface area contributed by atoms with Gasteiger partial charge in [-0.1, -0.05) is 35.9 Å². The second-order valence-corrected chi connectivity index (χ2v) is 12.2. The summed E-state index contributed by atoms with van der Waals surface area (Å²) in [5, 5.41) is 0.220. The average molecular weight is 620 g/mol. The highest BCUT2D eigenvalue weighted by Gasteiger charge is 2.37. The van der Waals surface area contributed by atoms with Crippen LogP contribution in [0.25, 0.3) is 11.6 Å². The van der Waals surface area contributed by atoms with Crippen LogP contribution in [0.15, 0.2) is 84.3 Å². The number of nitrogens with zero attached hydrogens (tertiary/aromatic N) is 3. The number of aromatic nitrogens is 2. The molecule has 0 bridgehead atoms. The molecule has 0 radical (unpaired) electrons. The molecule has 1 atom stereocenters. The van der Waals surface area contributed by atoms with Gasteiger partial charge in [0.05, 0.1) is 34.0 Å². The number of fused-ring (bicyclic) bond motifs is 1. The number of ether oxygens (including phenoxy) is 1. The van der Waals surface area contributed by atoms with Gasteiger partial charge in [0.1, 0.15) is 17.7 Å². The molecule has 0 unspecified atom stereocenters. The zero-order valence-corrected chi connectivity index (χ0v) is 23.9. The monoisotopic (exact) mass is 619 g/mol. The highest BCUT2D eigenvalue weighted by Crippen LogP contribution is 2.40. The first-order valence-electron chi connectivity index (χ1n) is 13.0. The van der Waals surface area contributed by atoms with Gasteiger partial charge in [0.15, 0.2) is 0 Å². The van der Waals surface area contributed by atoms with E-state index in [1.807, 2.05) is 10.8 Å². The van der Waals surface area contributed by atoms with Crippen molar-refractivity contribution in [3.05, 3.63) is 107 Å². The van der Waals surface area contributed by atoms with Gasteiger partial charge in [-0.3, -0.25) is 4.31 Å². The predicted molar refractivity (Wildman–Crippen MR) is 153 cm³/mol. The summed E-state index contributed by atoms with van der Waals surface area (Å²) in [6.45, 7) is 2.20. The Bertz CT molecular complexity index is 1700. The Hall–Kier alpha value is -3.83. The molecule has 5 rings (SSSR count). The van der Waals surface area contributed by atoms with Crippen LogP contribution in [-0.2, 0) is 22.7 Å². The van der Waals surface area contributed by atoms with E-state index >= 15 is 0 Å². The Balaban J connectivity index is 1.52. The van der Waals surface area contributed by atoms with Crippen molar-refractivity contribution in [2.45, 2.75) is 43.5 Å². The number of hydrogen-bond acceptors (Lipinski definition) is 4. The predicted octanol–water partition coefficient (Wildman–Crippen LogP) is 7.69. The zero-order chi connectivity index (χ0) is 30.1. The normalized spacial score (nSPS) is 15.8. The molecule has 12 heteroatoms. The van der Waals surface area contributed by atoms with E-state index in [0.29, 0.717) is 36.6 Å². The lowest BCUT2D eigenvalue weighted by Crippen LogP contribution is -2.43. The maximum absolute atomic E-state index is 14.5. The molecule has 0 saturated carbocycles.